The van der Waals surface area contributed by atoms with Gasteiger partial charge in [-0.1, -0.05) is 102 Å². The van der Waals surface area contributed by atoms with Crippen molar-refractivity contribution in [2.75, 3.05) is 30.9 Å². The number of carboxylic acid groups (broad SMARTS) is 1. The number of benzene rings is 2. The first kappa shape index (κ1) is 38.7. The maximum atomic E-state index is 13.4. The molecule has 266 valence electrons. The van der Waals surface area contributed by atoms with Crippen LogP contribution in [0.1, 0.15) is 77.8 Å². The Hall–Kier alpha value is -3.05. The van der Waals surface area contributed by atoms with Gasteiger partial charge in [-0.3, -0.25) is 19.7 Å². The molecule has 0 bridgehead atoms. The van der Waals surface area contributed by atoms with E-state index in [2.05, 4.69) is 78.1 Å². The highest BCUT2D eigenvalue weighted by molar-refractivity contribution is 8.04. The average Bonchev–Trinajstić information content (AvgIpc) is 3.11. The Morgan fingerprint density at radius 2 is 1.63 bits per heavy atom. The molecule has 4 unspecified atom stereocenters. The molecule has 0 saturated carbocycles. The van der Waals surface area contributed by atoms with Crippen LogP contribution in [-0.2, 0) is 19.1 Å². The third-order valence-corrected chi connectivity index (χ3v) is 11.7. The third-order valence-electron chi connectivity index (χ3n) is 9.19. The summed E-state index contributed by atoms with van der Waals surface area (Å²) in [5.41, 5.74) is 3.01. The molecule has 8 nitrogen and oxygen atoms in total. The fraction of sp³-hybridized carbons (Fsp3) is 0.513. The Kier molecular flexibility index (Phi) is 14.9. The summed E-state index contributed by atoms with van der Waals surface area (Å²) in [6.45, 7) is 8.62. The van der Waals surface area contributed by atoms with Crippen LogP contribution in [0.5, 0.6) is 0 Å². The molecule has 2 aromatic rings. The first-order valence-corrected chi connectivity index (χ1v) is 19.6. The number of fused-ring (bicyclic) bond motifs is 1. The summed E-state index contributed by atoms with van der Waals surface area (Å²) in [5.74, 6) is -1.96. The lowest BCUT2D eigenvalue weighted by Crippen LogP contribution is -2.47. The number of hydrogen-bond donors (Lipinski definition) is 3. The van der Waals surface area contributed by atoms with Crippen LogP contribution in [0.25, 0.3) is 0 Å². The normalized spacial score (nSPS) is 19.8. The van der Waals surface area contributed by atoms with E-state index in [0.717, 1.165) is 32.2 Å². The van der Waals surface area contributed by atoms with E-state index < -0.39 is 24.0 Å². The number of Topliss-reactive ketones (excluding diaryl/α,β-unsaturated/α-hetero) is 1. The Labute approximate surface area is 300 Å². The van der Waals surface area contributed by atoms with Gasteiger partial charge in [0.1, 0.15) is 18.7 Å². The van der Waals surface area contributed by atoms with Crippen LogP contribution in [0.3, 0.4) is 0 Å². The van der Waals surface area contributed by atoms with Gasteiger partial charge in [-0.2, -0.15) is 11.8 Å². The van der Waals surface area contributed by atoms with Crippen molar-refractivity contribution in [2.45, 2.75) is 94.4 Å². The highest BCUT2D eigenvalue weighted by Gasteiger charge is 2.42. The molecule has 4 atom stereocenters. The van der Waals surface area contributed by atoms with Crippen LogP contribution >= 0.6 is 23.5 Å². The van der Waals surface area contributed by atoms with Crippen LogP contribution < -0.4 is 15.5 Å². The van der Waals surface area contributed by atoms with Gasteiger partial charge in [0, 0.05) is 21.9 Å². The molecule has 0 radical (unpaired) electrons. The van der Waals surface area contributed by atoms with Crippen molar-refractivity contribution in [1.29, 1.82) is 0 Å². The summed E-state index contributed by atoms with van der Waals surface area (Å²) in [7, 11) is 0. The van der Waals surface area contributed by atoms with Gasteiger partial charge in [0.15, 0.2) is 5.78 Å². The van der Waals surface area contributed by atoms with Gasteiger partial charge in [-0.05, 0) is 54.9 Å². The number of ketones is 1. The minimum absolute atomic E-state index is 0.00289. The number of hydrogen-bond acceptors (Lipinski definition) is 8. The van der Waals surface area contributed by atoms with Crippen LogP contribution in [-0.4, -0.2) is 70.9 Å². The second kappa shape index (κ2) is 18.8. The van der Waals surface area contributed by atoms with Crippen molar-refractivity contribution in [1.82, 2.24) is 10.6 Å². The molecule has 2 aromatic carbocycles. The van der Waals surface area contributed by atoms with E-state index >= 15 is 0 Å². The van der Waals surface area contributed by atoms with E-state index in [1.54, 1.807) is 37.7 Å². The second-order valence-electron chi connectivity index (χ2n) is 13.3. The number of carbonyl (C=O) groups is 3. The number of carbonyl (C=O) groups excluding carboxylic acids is 2. The number of anilines is 1. The summed E-state index contributed by atoms with van der Waals surface area (Å²) in [6.07, 6.45) is 13.1. The molecular formula is C39H53N3O5S2. The van der Waals surface area contributed by atoms with E-state index in [-0.39, 0.29) is 41.0 Å². The number of nitrogens with one attached hydrogen (secondary N) is 2. The molecule has 3 N–H and O–H groups in total. The molecule has 0 spiro atoms. The summed E-state index contributed by atoms with van der Waals surface area (Å²) in [5, 5.41) is 15.3. The summed E-state index contributed by atoms with van der Waals surface area (Å²) < 4.78 is 6.43. The van der Waals surface area contributed by atoms with E-state index in [1.807, 2.05) is 30.0 Å². The summed E-state index contributed by atoms with van der Waals surface area (Å²) in [6, 6.07) is 17.8. The van der Waals surface area contributed by atoms with Gasteiger partial charge in [-0.25, -0.2) is 0 Å². The lowest BCUT2D eigenvalue weighted by molar-refractivity contribution is -0.141. The van der Waals surface area contributed by atoms with E-state index in [1.165, 1.54) is 29.1 Å². The SMILES string of the molecule is CCCCC1(CCCC)CN(c2ccccc2)C2=CC(SC)C(OCC(=O)NC(C(=O)CNC(C(=O)O)C(C)C)c3ccccc3)C=C2S1. The maximum Gasteiger partial charge on any atom is 0.320 e. The number of amides is 1. The minimum Gasteiger partial charge on any atom is -0.480 e. The summed E-state index contributed by atoms with van der Waals surface area (Å²) in [4.78, 5) is 42.2. The maximum absolute atomic E-state index is 13.4. The number of ether oxygens (including phenoxy) is 1. The third kappa shape index (κ3) is 10.5. The molecule has 2 aliphatic rings. The summed E-state index contributed by atoms with van der Waals surface area (Å²) >= 11 is 3.67. The topological polar surface area (TPSA) is 108 Å². The van der Waals surface area contributed by atoms with E-state index in [4.69, 9.17) is 4.74 Å². The number of para-hydroxylation sites is 1. The number of rotatable bonds is 19. The Morgan fingerprint density at radius 1 is 1.00 bits per heavy atom. The monoisotopic (exact) mass is 707 g/mol. The minimum atomic E-state index is -1.02. The standard InChI is InChI=1S/C39H53N3O5S2/c1-6-8-20-39(21-9-7-2)26-42(29-18-14-11-15-19-29)30-22-34(48-5)32(23-33(30)49-39)47-25-35(44)41-37(28-16-12-10-13-17-28)31(43)24-40-36(27(3)4)38(45)46/h10-19,22-23,27,32,34,36-37,40H,6-9,20-21,24-26H2,1-5H3,(H,41,44)(H,45,46). The van der Waals surface area contributed by atoms with Crippen molar-refractivity contribution in [2.24, 2.45) is 5.92 Å². The molecule has 10 heteroatoms. The second-order valence-corrected chi connectivity index (χ2v) is 15.8. The zero-order valence-electron chi connectivity index (χ0n) is 29.5. The first-order chi connectivity index (χ1) is 23.6. The molecular weight excluding hydrogens is 655 g/mol. The number of aliphatic carboxylic acids is 1. The van der Waals surface area contributed by atoms with Crippen LogP contribution in [0.15, 0.2) is 83.4 Å². The Morgan fingerprint density at radius 3 is 2.20 bits per heavy atom. The van der Waals surface area contributed by atoms with Gasteiger partial charge in [0.2, 0.25) is 5.91 Å². The average molecular weight is 708 g/mol. The Bertz CT molecular complexity index is 1440. The van der Waals surface area contributed by atoms with Gasteiger partial charge < -0.3 is 20.1 Å². The molecule has 1 amide bonds. The van der Waals surface area contributed by atoms with Crippen molar-refractivity contribution < 1.29 is 24.2 Å². The lowest BCUT2D eigenvalue weighted by atomic mass is 9.92. The van der Waals surface area contributed by atoms with E-state index in [0.29, 0.717) is 5.56 Å². The van der Waals surface area contributed by atoms with Gasteiger partial charge in [-0.15, -0.1) is 11.8 Å². The quantitative estimate of drug-likeness (QED) is 0.138. The van der Waals surface area contributed by atoms with Crippen molar-refractivity contribution >= 4 is 46.9 Å². The number of unbranched alkanes of at least 4 members (excludes halogenated alkanes) is 2. The number of thioether (sulfide) groups is 2. The molecule has 1 aliphatic carbocycles. The molecule has 1 aliphatic heterocycles. The molecule has 1 heterocycles. The predicted molar refractivity (Wildman–Crippen MR) is 203 cm³/mol. The van der Waals surface area contributed by atoms with Crippen LogP contribution in [0.2, 0.25) is 0 Å². The highest BCUT2D eigenvalue weighted by atomic mass is 32.2. The van der Waals surface area contributed by atoms with Gasteiger partial charge in [0.25, 0.3) is 0 Å². The largest absolute Gasteiger partial charge is 0.480 e. The smallest absolute Gasteiger partial charge is 0.320 e. The van der Waals surface area contributed by atoms with Crippen molar-refractivity contribution in [3.05, 3.63) is 89.0 Å². The van der Waals surface area contributed by atoms with Gasteiger partial charge in [0.05, 0.1) is 23.6 Å². The van der Waals surface area contributed by atoms with Crippen molar-refractivity contribution in [3.8, 4) is 0 Å². The fourth-order valence-corrected chi connectivity index (χ4v) is 8.80. The predicted octanol–water partition coefficient (Wildman–Crippen LogP) is 7.38. The molecule has 4 rings (SSSR count). The van der Waals surface area contributed by atoms with Gasteiger partial charge >= 0.3 is 5.97 Å². The first-order valence-electron chi connectivity index (χ1n) is 17.5. The molecule has 1 saturated heterocycles. The van der Waals surface area contributed by atoms with Crippen LogP contribution in [0.4, 0.5) is 5.69 Å². The Balaban J connectivity index is 1.53. The molecule has 49 heavy (non-hydrogen) atoms. The lowest BCUT2D eigenvalue weighted by Gasteiger charge is -2.48. The zero-order chi connectivity index (χ0) is 35.4. The number of carboxylic acids is 1. The fourth-order valence-electron chi connectivity index (χ4n) is 6.47. The van der Waals surface area contributed by atoms with Crippen molar-refractivity contribution in [3.63, 3.8) is 0 Å². The zero-order valence-corrected chi connectivity index (χ0v) is 31.2. The molecule has 0 aromatic heterocycles. The number of nitrogens with zero attached hydrogens (tertiary/aromatic N) is 1. The van der Waals surface area contributed by atoms with E-state index in [9.17, 15) is 19.5 Å². The molecule has 1 fully saturated rings. The van der Waals surface area contributed by atoms with Crippen LogP contribution in [0, 0.1) is 5.92 Å². The highest BCUT2D eigenvalue weighted by Crippen LogP contribution is 2.52.